The number of hydrogen-bond donors (Lipinski definition) is 3. The predicted molar refractivity (Wildman–Crippen MR) is 119 cm³/mol. The minimum Gasteiger partial charge on any atom is -0.496 e. The first kappa shape index (κ1) is 22.8. The number of fused-ring (bicyclic) bond motifs is 1. The Labute approximate surface area is 180 Å². The zero-order chi connectivity index (χ0) is 22.4. The highest BCUT2D eigenvalue weighted by Gasteiger charge is 2.17. The maximum Gasteiger partial charge on any atom is 0.333 e. The smallest absolute Gasteiger partial charge is 0.333 e. The van der Waals surface area contributed by atoms with Crippen LogP contribution in [0.15, 0.2) is 33.9 Å². The van der Waals surface area contributed by atoms with Crippen LogP contribution in [0.1, 0.15) is 24.2 Å². The van der Waals surface area contributed by atoms with Crippen LogP contribution in [0.5, 0.6) is 5.75 Å². The van der Waals surface area contributed by atoms with E-state index >= 15 is 0 Å². The highest BCUT2D eigenvalue weighted by atomic mass is 31.2. The molecule has 0 unspecified atom stereocenters. The summed E-state index contributed by atoms with van der Waals surface area (Å²) in [7, 11) is -0.354. The number of hydrogen-bond acceptors (Lipinski definition) is 6. The van der Waals surface area contributed by atoms with Gasteiger partial charge in [0.25, 0.3) is 5.56 Å². The maximum absolute atomic E-state index is 12.9. The maximum atomic E-state index is 12.9. The molecule has 0 saturated heterocycles. The van der Waals surface area contributed by atoms with Crippen molar-refractivity contribution >= 4 is 19.5 Å². The van der Waals surface area contributed by atoms with Crippen molar-refractivity contribution in [3.63, 3.8) is 0 Å². The molecule has 0 amide bonds. The van der Waals surface area contributed by atoms with Crippen molar-refractivity contribution in [1.29, 1.82) is 0 Å². The van der Waals surface area contributed by atoms with Crippen molar-refractivity contribution in [3.05, 3.63) is 56.5 Å². The second-order valence-electron chi connectivity index (χ2n) is 7.03. The third kappa shape index (κ3) is 5.23. The Morgan fingerprint density at radius 1 is 1.19 bits per heavy atom. The summed E-state index contributed by atoms with van der Waals surface area (Å²) < 4.78 is 7.81. The molecule has 31 heavy (non-hydrogen) atoms. The number of nitrogens with zero attached hydrogens (tertiary/aromatic N) is 3. The number of rotatable bonds is 10. The second kappa shape index (κ2) is 10.4. The lowest BCUT2D eigenvalue weighted by Gasteiger charge is -2.09. The monoisotopic (exact) mass is 444 g/mol. The van der Waals surface area contributed by atoms with Gasteiger partial charge in [0.15, 0.2) is 14.0 Å². The van der Waals surface area contributed by atoms with Gasteiger partial charge in [0.1, 0.15) is 17.1 Å². The number of imidazole rings is 1. The Balaban J connectivity index is 1.94. The molecule has 0 radical (unpaired) electrons. The van der Waals surface area contributed by atoms with E-state index in [9.17, 15) is 9.59 Å². The number of methoxy groups -OCH3 is 1. The number of para-hydroxylation sites is 1. The molecular weight excluding hydrogens is 419 g/mol. The molecule has 0 saturated carbocycles. The van der Waals surface area contributed by atoms with Crippen molar-refractivity contribution in [2.75, 3.05) is 13.3 Å². The van der Waals surface area contributed by atoms with Crippen molar-refractivity contribution in [2.45, 2.75) is 38.8 Å². The van der Waals surface area contributed by atoms with Crippen molar-refractivity contribution in [2.24, 2.45) is 0 Å². The van der Waals surface area contributed by atoms with E-state index in [0.717, 1.165) is 15.9 Å². The number of aromatic nitrogens is 4. The van der Waals surface area contributed by atoms with Crippen molar-refractivity contribution < 1.29 is 14.5 Å². The summed E-state index contributed by atoms with van der Waals surface area (Å²) in [6, 6.07) is 7.67. The van der Waals surface area contributed by atoms with E-state index in [4.69, 9.17) is 20.9 Å². The van der Waals surface area contributed by atoms with Crippen LogP contribution in [0, 0.1) is 12.3 Å². The Morgan fingerprint density at radius 2 is 1.97 bits per heavy atom. The van der Waals surface area contributed by atoms with Gasteiger partial charge in [-0.1, -0.05) is 24.1 Å². The Morgan fingerprint density at radius 3 is 2.68 bits per heavy atom. The summed E-state index contributed by atoms with van der Waals surface area (Å²) in [6.07, 6.45) is 7.84. The number of terminal acetylenes is 1. The Kier molecular flexibility index (Phi) is 7.64. The lowest BCUT2D eigenvalue weighted by atomic mass is 10.1. The number of aryl methyl sites for hydroxylation is 3. The quantitative estimate of drug-likeness (QED) is 0.247. The fourth-order valence-corrected chi connectivity index (χ4v) is 3.96. The zero-order valence-electron chi connectivity index (χ0n) is 17.2. The first-order valence-electron chi connectivity index (χ1n) is 9.89. The van der Waals surface area contributed by atoms with E-state index in [0.29, 0.717) is 38.1 Å². The van der Waals surface area contributed by atoms with Crippen molar-refractivity contribution in [1.82, 2.24) is 19.1 Å². The molecular formula is C21H25N4O5P. The topological polar surface area (TPSA) is 122 Å². The Hall–Kier alpha value is -2.92. The first-order chi connectivity index (χ1) is 15.0. The minimum absolute atomic E-state index is 0.137. The van der Waals surface area contributed by atoms with Gasteiger partial charge in [0.2, 0.25) is 0 Å². The fourth-order valence-electron chi connectivity index (χ4n) is 3.45. The van der Waals surface area contributed by atoms with Crippen LogP contribution in [0.4, 0.5) is 0 Å². The number of nitrogens with one attached hydrogen (secondary N) is 1. The number of unbranched alkanes of at least 4 members (excludes halogenated alkanes) is 1. The van der Waals surface area contributed by atoms with Crippen LogP contribution in [-0.4, -0.2) is 42.2 Å². The fraction of sp³-hybridized carbons (Fsp3) is 0.381. The molecule has 2 aromatic heterocycles. The van der Waals surface area contributed by atoms with E-state index < -0.39 is 19.6 Å². The summed E-state index contributed by atoms with van der Waals surface area (Å²) in [5, 5.41) is 0. The van der Waals surface area contributed by atoms with Gasteiger partial charge in [-0.25, -0.2) is 14.3 Å². The van der Waals surface area contributed by atoms with Gasteiger partial charge in [0, 0.05) is 19.1 Å². The van der Waals surface area contributed by atoms with E-state index in [2.05, 4.69) is 15.9 Å². The molecule has 0 bridgehead atoms. The third-order valence-corrected chi connectivity index (χ3v) is 5.69. The van der Waals surface area contributed by atoms with Crippen LogP contribution in [0.2, 0.25) is 0 Å². The van der Waals surface area contributed by atoms with Gasteiger partial charge in [-0.15, -0.1) is 6.42 Å². The third-order valence-electron chi connectivity index (χ3n) is 4.97. The molecule has 9 nitrogen and oxygen atoms in total. The van der Waals surface area contributed by atoms with Gasteiger partial charge in [-0.3, -0.25) is 9.36 Å². The lowest BCUT2D eigenvalue weighted by Crippen LogP contribution is -2.40. The standard InChI is InChI=1S/C21H25N4O5P/c1-3-12-25-20(26)18-19(24(21(25)27)13-6-7-14-31(28)29)23-17(22-18)11-10-15-8-4-5-9-16(15)30-2/h1,4-5,8-9,28-29H,6-7,10-14H2,2H3,(H,22,23). The summed E-state index contributed by atoms with van der Waals surface area (Å²) in [4.78, 5) is 51.4. The predicted octanol–water partition coefficient (Wildman–Crippen LogP) is 1.39. The largest absolute Gasteiger partial charge is 0.496 e. The molecule has 1 aromatic carbocycles. The zero-order valence-corrected chi connectivity index (χ0v) is 18.1. The van der Waals surface area contributed by atoms with Crippen LogP contribution in [-0.2, 0) is 25.9 Å². The molecule has 0 spiro atoms. The summed E-state index contributed by atoms with van der Waals surface area (Å²) in [5.41, 5.74) is 0.509. The molecule has 0 fully saturated rings. The van der Waals surface area contributed by atoms with E-state index in [1.807, 2.05) is 24.3 Å². The summed E-state index contributed by atoms with van der Waals surface area (Å²) >= 11 is 0. The molecule has 0 atom stereocenters. The van der Waals surface area contributed by atoms with Crippen LogP contribution >= 0.6 is 8.38 Å². The highest BCUT2D eigenvalue weighted by molar-refractivity contribution is 7.45. The number of H-pyrrole nitrogens is 1. The van der Waals surface area contributed by atoms with Gasteiger partial charge < -0.3 is 19.5 Å². The van der Waals surface area contributed by atoms with Crippen LogP contribution < -0.4 is 16.0 Å². The molecule has 0 aliphatic heterocycles. The summed E-state index contributed by atoms with van der Waals surface area (Å²) in [5.74, 6) is 3.70. The summed E-state index contributed by atoms with van der Waals surface area (Å²) in [6.45, 7) is 0.155. The first-order valence-corrected chi connectivity index (χ1v) is 11.3. The lowest BCUT2D eigenvalue weighted by molar-refractivity contribution is 0.409. The molecule has 3 N–H and O–H groups in total. The van der Waals surface area contributed by atoms with Crippen LogP contribution in [0.3, 0.4) is 0 Å². The number of ether oxygens (including phenoxy) is 1. The average molecular weight is 444 g/mol. The van der Waals surface area contributed by atoms with Crippen LogP contribution in [0.25, 0.3) is 11.2 Å². The molecule has 164 valence electrons. The number of aromatic amines is 1. The molecule has 0 aliphatic carbocycles. The number of benzene rings is 1. The van der Waals surface area contributed by atoms with Gasteiger partial charge in [-0.2, -0.15) is 0 Å². The van der Waals surface area contributed by atoms with Gasteiger partial charge in [-0.05, 0) is 30.9 Å². The van der Waals surface area contributed by atoms with E-state index in [-0.39, 0.29) is 23.9 Å². The van der Waals surface area contributed by atoms with E-state index in [1.165, 1.54) is 4.57 Å². The SMILES string of the molecule is C#CCn1c(=O)c2[nH]c(CCc3ccccc3OC)nc2n(CCCCP(O)O)c1=O. The molecule has 0 aliphatic rings. The van der Waals surface area contributed by atoms with Gasteiger partial charge in [0.05, 0.1) is 13.7 Å². The van der Waals surface area contributed by atoms with E-state index in [1.54, 1.807) is 7.11 Å². The van der Waals surface area contributed by atoms with Crippen molar-refractivity contribution in [3.8, 4) is 18.1 Å². The minimum atomic E-state index is -1.97. The second-order valence-corrected chi connectivity index (χ2v) is 8.22. The average Bonchev–Trinajstić information content (AvgIpc) is 3.19. The molecule has 2 heterocycles. The molecule has 3 aromatic rings. The highest BCUT2D eigenvalue weighted by Crippen LogP contribution is 2.24. The molecule has 3 rings (SSSR count). The molecule has 10 heteroatoms. The van der Waals surface area contributed by atoms with Gasteiger partial charge >= 0.3 is 5.69 Å². The normalized spacial score (nSPS) is 11.2. The Bertz CT molecular complexity index is 1210.